The molecule has 1 aliphatic rings. The van der Waals surface area contributed by atoms with Crippen LogP contribution >= 0.6 is 0 Å². The molecule has 1 fully saturated rings. The number of likely N-dealkylation sites (tertiary alicyclic amines) is 1. The van der Waals surface area contributed by atoms with Crippen molar-refractivity contribution in [3.05, 3.63) is 29.8 Å². The van der Waals surface area contributed by atoms with Gasteiger partial charge in [0.15, 0.2) is 0 Å². The van der Waals surface area contributed by atoms with E-state index in [4.69, 9.17) is 9.47 Å². The smallest absolute Gasteiger partial charge is 0.306 e. The Hall–Kier alpha value is -2.04. The molecule has 0 aromatic heterocycles. The molecule has 1 unspecified atom stereocenters. The van der Waals surface area contributed by atoms with Gasteiger partial charge in [-0.25, -0.2) is 0 Å². The molecule has 5 nitrogen and oxygen atoms in total. The molecule has 0 bridgehead atoms. The molecule has 0 radical (unpaired) electrons. The zero-order valence-electron chi connectivity index (χ0n) is 15.7. The monoisotopic (exact) mass is 347 g/mol. The number of nitrogens with zero attached hydrogens (tertiary/aromatic N) is 1. The summed E-state index contributed by atoms with van der Waals surface area (Å²) in [7, 11) is 0. The number of carbonyl (C=O) groups excluding carboxylic acids is 2. The number of rotatable bonds is 6. The van der Waals surface area contributed by atoms with Gasteiger partial charge >= 0.3 is 5.97 Å². The van der Waals surface area contributed by atoms with Crippen molar-refractivity contribution in [1.82, 2.24) is 4.90 Å². The first-order valence-corrected chi connectivity index (χ1v) is 9.00. The van der Waals surface area contributed by atoms with E-state index >= 15 is 0 Å². The van der Waals surface area contributed by atoms with Gasteiger partial charge in [0.2, 0.25) is 5.91 Å². The van der Waals surface area contributed by atoms with Gasteiger partial charge < -0.3 is 14.4 Å². The summed E-state index contributed by atoms with van der Waals surface area (Å²) in [5, 5.41) is 0. The minimum atomic E-state index is -0.318. The van der Waals surface area contributed by atoms with E-state index in [0.717, 1.165) is 12.2 Å². The van der Waals surface area contributed by atoms with E-state index < -0.39 is 0 Å². The first kappa shape index (κ1) is 19.3. The Balaban J connectivity index is 1.89. The van der Waals surface area contributed by atoms with Gasteiger partial charge in [-0.2, -0.15) is 0 Å². The van der Waals surface area contributed by atoms with E-state index in [1.54, 1.807) is 11.8 Å². The van der Waals surface area contributed by atoms with E-state index in [9.17, 15) is 9.59 Å². The largest absolute Gasteiger partial charge is 0.488 e. The molecule has 1 aromatic carbocycles. The SMILES string of the molecule is CCOC(=O)CCC(=O)N1CCC(Oc2ccccc2C(C)(C)C)C1. The molecule has 25 heavy (non-hydrogen) atoms. The van der Waals surface area contributed by atoms with E-state index in [1.807, 2.05) is 18.2 Å². The quantitative estimate of drug-likeness (QED) is 0.741. The maximum absolute atomic E-state index is 12.2. The highest BCUT2D eigenvalue weighted by atomic mass is 16.5. The lowest BCUT2D eigenvalue weighted by Gasteiger charge is -2.24. The number of amides is 1. The van der Waals surface area contributed by atoms with Crippen LogP contribution in [0.1, 0.15) is 52.5 Å². The average Bonchev–Trinajstić information content (AvgIpc) is 3.01. The van der Waals surface area contributed by atoms with Crippen LogP contribution in [0.2, 0.25) is 0 Å². The summed E-state index contributed by atoms with van der Waals surface area (Å²) in [4.78, 5) is 25.4. The van der Waals surface area contributed by atoms with Gasteiger partial charge in [0.25, 0.3) is 0 Å². The maximum atomic E-state index is 12.2. The lowest BCUT2D eigenvalue weighted by atomic mass is 9.86. The Morgan fingerprint density at radius 2 is 1.92 bits per heavy atom. The number of hydrogen-bond donors (Lipinski definition) is 0. The molecule has 0 spiro atoms. The fraction of sp³-hybridized carbons (Fsp3) is 0.600. The van der Waals surface area contributed by atoms with Crippen LogP contribution < -0.4 is 4.74 Å². The van der Waals surface area contributed by atoms with E-state index in [2.05, 4.69) is 26.8 Å². The summed E-state index contributed by atoms with van der Waals surface area (Å²) in [5.41, 5.74) is 1.17. The van der Waals surface area contributed by atoms with Crippen LogP contribution in [-0.2, 0) is 19.7 Å². The van der Waals surface area contributed by atoms with E-state index in [1.165, 1.54) is 5.56 Å². The second-order valence-corrected chi connectivity index (χ2v) is 7.42. The van der Waals surface area contributed by atoms with Crippen molar-refractivity contribution in [2.75, 3.05) is 19.7 Å². The van der Waals surface area contributed by atoms with Crippen LogP contribution in [0.5, 0.6) is 5.75 Å². The zero-order valence-corrected chi connectivity index (χ0v) is 15.7. The number of hydrogen-bond acceptors (Lipinski definition) is 4. The summed E-state index contributed by atoms with van der Waals surface area (Å²) in [6.45, 7) is 9.83. The Kier molecular flexibility index (Phi) is 6.45. The highest BCUT2D eigenvalue weighted by molar-refractivity contribution is 5.81. The number of benzene rings is 1. The molecule has 0 N–H and O–H groups in total. The molecule has 1 heterocycles. The van der Waals surface area contributed by atoms with Gasteiger partial charge in [-0.1, -0.05) is 39.0 Å². The third-order valence-corrected chi connectivity index (χ3v) is 4.33. The third-order valence-electron chi connectivity index (χ3n) is 4.33. The first-order valence-electron chi connectivity index (χ1n) is 9.00. The maximum Gasteiger partial charge on any atom is 0.306 e. The van der Waals surface area contributed by atoms with Crippen molar-refractivity contribution >= 4 is 11.9 Å². The predicted molar refractivity (Wildman–Crippen MR) is 96.6 cm³/mol. The second kappa shape index (κ2) is 8.37. The van der Waals surface area contributed by atoms with Crippen molar-refractivity contribution in [3.63, 3.8) is 0 Å². The normalized spacial score (nSPS) is 17.4. The average molecular weight is 347 g/mol. The highest BCUT2D eigenvalue weighted by Gasteiger charge is 2.29. The number of esters is 1. The van der Waals surface area contributed by atoms with Crippen LogP contribution in [0.4, 0.5) is 0 Å². The van der Waals surface area contributed by atoms with Crippen LogP contribution in [0.15, 0.2) is 24.3 Å². The van der Waals surface area contributed by atoms with Crippen molar-refractivity contribution in [3.8, 4) is 5.75 Å². The molecule has 0 aliphatic carbocycles. The Labute approximate surface area is 150 Å². The Bertz CT molecular complexity index is 606. The summed E-state index contributed by atoms with van der Waals surface area (Å²) < 4.78 is 11.1. The van der Waals surface area contributed by atoms with Gasteiger partial charge in [-0.15, -0.1) is 0 Å². The summed E-state index contributed by atoms with van der Waals surface area (Å²) >= 11 is 0. The summed E-state index contributed by atoms with van der Waals surface area (Å²) in [6.07, 6.45) is 1.14. The van der Waals surface area contributed by atoms with Crippen LogP contribution in [-0.4, -0.2) is 42.6 Å². The minimum Gasteiger partial charge on any atom is -0.488 e. The highest BCUT2D eigenvalue weighted by Crippen LogP contribution is 2.32. The van der Waals surface area contributed by atoms with Crippen molar-refractivity contribution in [2.45, 2.75) is 58.5 Å². The molecule has 1 atom stereocenters. The van der Waals surface area contributed by atoms with Gasteiger partial charge in [-0.3, -0.25) is 9.59 Å². The Morgan fingerprint density at radius 3 is 2.60 bits per heavy atom. The Morgan fingerprint density at radius 1 is 1.20 bits per heavy atom. The van der Waals surface area contributed by atoms with Crippen LogP contribution in [0.25, 0.3) is 0 Å². The lowest BCUT2D eigenvalue weighted by molar-refractivity contribution is -0.145. The first-order chi connectivity index (χ1) is 11.8. The van der Waals surface area contributed by atoms with Crippen molar-refractivity contribution in [2.24, 2.45) is 0 Å². The zero-order chi connectivity index (χ0) is 18.4. The molecule has 1 aromatic rings. The van der Waals surface area contributed by atoms with E-state index in [-0.39, 0.29) is 36.2 Å². The molecule has 1 amide bonds. The third kappa shape index (κ3) is 5.48. The topological polar surface area (TPSA) is 55.8 Å². The molecular formula is C20H29NO4. The van der Waals surface area contributed by atoms with Crippen LogP contribution in [0, 0.1) is 0 Å². The molecule has 138 valence electrons. The van der Waals surface area contributed by atoms with Gasteiger partial charge in [-0.05, 0) is 24.0 Å². The van der Waals surface area contributed by atoms with Gasteiger partial charge in [0, 0.05) is 19.4 Å². The number of carbonyl (C=O) groups is 2. The number of para-hydroxylation sites is 1. The molecular weight excluding hydrogens is 318 g/mol. The predicted octanol–water partition coefficient (Wildman–Crippen LogP) is 3.31. The van der Waals surface area contributed by atoms with Crippen molar-refractivity contribution < 1.29 is 19.1 Å². The molecule has 2 rings (SSSR count). The molecule has 1 saturated heterocycles. The number of ether oxygens (including phenoxy) is 2. The van der Waals surface area contributed by atoms with Gasteiger partial charge in [0.1, 0.15) is 11.9 Å². The summed E-state index contributed by atoms with van der Waals surface area (Å²) in [5.74, 6) is 0.561. The van der Waals surface area contributed by atoms with Crippen molar-refractivity contribution in [1.29, 1.82) is 0 Å². The second-order valence-electron chi connectivity index (χ2n) is 7.42. The van der Waals surface area contributed by atoms with Gasteiger partial charge in [0.05, 0.1) is 19.6 Å². The standard InChI is InChI=1S/C20H29NO4/c1-5-24-19(23)11-10-18(22)21-13-12-15(14-21)25-17-9-7-6-8-16(17)20(2,3)4/h6-9,15H,5,10-14H2,1-4H3. The molecule has 0 saturated carbocycles. The fourth-order valence-electron chi connectivity index (χ4n) is 3.02. The minimum absolute atomic E-state index is 0.00431. The summed E-state index contributed by atoms with van der Waals surface area (Å²) in [6, 6.07) is 8.08. The molecule has 1 aliphatic heterocycles. The lowest BCUT2D eigenvalue weighted by Crippen LogP contribution is -2.31. The van der Waals surface area contributed by atoms with Crippen LogP contribution in [0.3, 0.4) is 0 Å². The molecule has 5 heteroatoms. The fourth-order valence-corrected chi connectivity index (χ4v) is 3.02. The van der Waals surface area contributed by atoms with E-state index in [0.29, 0.717) is 19.7 Å².